The Morgan fingerprint density at radius 3 is 2.12 bits per heavy atom. The summed E-state index contributed by atoms with van der Waals surface area (Å²) in [5.41, 5.74) is 7.81. The Hall–Kier alpha value is -0.260. The van der Waals surface area contributed by atoms with E-state index < -0.39 is 0 Å². The lowest BCUT2D eigenvalue weighted by Gasteiger charge is -2.36. The SMILES string of the molecule is CCN1CCN(c2c(Br)cc(N)cc2Br)CC1. The average Bonchev–Trinajstić information content (AvgIpc) is 2.28. The first-order valence-electron chi connectivity index (χ1n) is 5.83. The maximum Gasteiger partial charge on any atom is 0.0657 e. The largest absolute Gasteiger partial charge is 0.399 e. The molecule has 94 valence electrons. The summed E-state index contributed by atoms with van der Waals surface area (Å²) in [6.45, 7) is 7.73. The van der Waals surface area contributed by atoms with Gasteiger partial charge < -0.3 is 15.5 Å². The molecule has 17 heavy (non-hydrogen) atoms. The molecule has 0 unspecified atom stereocenters. The number of hydrogen-bond acceptors (Lipinski definition) is 3. The summed E-state index contributed by atoms with van der Waals surface area (Å²) >= 11 is 7.20. The minimum absolute atomic E-state index is 0.777. The summed E-state index contributed by atoms with van der Waals surface area (Å²) in [6.07, 6.45) is 0. The van der Waals surface area contributed by atoms with E-state index in [0.29, 0.717) is 0 Å². The highest BCUT2D eigenvalue weighted by Gasteiger charge is 2.19. The smallest absolute Gasteiger partial charge is 0.0657 e. The van der Waals surface area contributed by atoms with Gasteiger partial charge in [0.25, 0.3) is 0 Å². The summed E-state index contributed by atoms with van der Waals surface area (Å²) in [7, 11) is 0. The van der Waals surface area contributed by atoms with Crippen LogP contribution in [0, 0.1) is 0 Å². The number of rotatable bonds is 2. The zero-order chi connectivity index (χ0) is 12.4. The van der Waals surface area contributed by atoms with Crippen LogP contribution in [-0.2, 0) is 0 Å². The average molecular weight is 363 g/mol. The van der Waals surface area contributed by atoms with Gasteiger partial charge in [0.15, 0.2) is 0 Å². The summed E-state index contributed by atoms with van der Waals surface area (Å²) in [5, 5.41) is 0. The fourth-order valence-corrected chi connectivity index (χ4v) is 3.90. The number of halogens is 2. The van der Waals surface area contributed by atoms with Crippen molar-refractivity contribution in [2.24, 2.45) is 0 Å². The Bertz CT molecular complexity index is 378. The summed E-state index contributed by atoms with van der Waals surface area (Å²) in [4.78, 5) is 4.87. The molecule has 3 nitrogen and oxygen atoms in total. The lowest BCUT2D eigenvalue weighted by molar-refractivity contribution is 0.271. The third-order valence-corrected chi connectivity index (χ3v) is 4.38. The van der Waals surface area contributed by atoms with Gasteiger partial charge in [-0.1, -0.05) is 6.92 Å². The number of nitrogens with zero attached hydrogens (tertiary/aromatic N) is 2. The van der Waals surface area contributed by atoms with Crippen molar-refractivity contribution in [1.82, 2.24) is 4.90 Å². The molecular weight excluding hydrogens is 346 g/mol. The van der Waals surface area contributed by atoms with Crippen LogP contribution >= 0.6 is 31.9 Å². The van der Waals surface area contributed by atoms with Gasteiger partial charge in [-0.15, -0.1) is 0 Å². The van der Waals surface area contributed by atoms with Gasteiger partial charge in [0.2, 0.25) is 0 Å². The molecule has 1 heterocycles. The predicted octanol–water partition coefficient (Wildman–Crippen LogP) is 2.94. The van der Waals surface area contributed by atoms with Crippen molar-refractivity contribution in [3.05, 3.63) is 21.1 Å². The number of nitrogen functional groups attached to an aromatic ring is 1. The molecule has 1 fully saturated rings. The van der Waals surface area contributed by atoms with E-state index in [1.165, 1.54) is 5.69 Å². The van der Waals surface area contributed by atoms with Gasteiger partial charge in [-0.3, -0.25) is 0 Å². The number of nitrogens with two attached hydrogens (primary N) is 1. The van der Waals surface area contributed by atoms with Crippen LogP contribution in [0.25, 0.3) is 0 Å². The predicted molar refractivity (Wildman–Crippen MR) is 80.6 cm³/mol. The molecule has 2 rings (SSSR count). The fraction of sp³-hybridized carbons (Fsp3) is 0.500. The number of piperazine rings is 1. The van der Waals surface area contributed by atoms with Gasteiger partial charge in [0, 0.05) is 40.8 Å². The Balaban J connectivity index is 2.18. The van der Waals surface area contributed by atoms with Crippen molar-refractivity contribution in [3.63, 3.8) is 0 Å². The second kappa shape index (κ2) is 5.59. The maximum absolute atomic E-state index is 5.81. The summed E-state index contributed by atoms with van der Waals surface area (Å²) in [5.74, 6) is 0. The van der Waals surface area contributed by atoms with Crippen LogP contribution in [-0.4, -0.2) is 37.6 Å². The van der Waals surface area contributed by atoms with Gasteiger partial charge in [-0.05, 0) is 50.5 Å². The van der Waals surface area contributed by atoms with Crippen LogP contribution in [0.4, 0.5) is 11.4 Å². The minimum Gasteiger partial charge on any atom is -0.399 e. The second-order valence-electron chi connectivity index (χ2n) is 4.25. The molecule has 1 aromatic carbocycles. The molecule has 0 amide bonds. The summed E-state index contributed by atoms with van der Waals surface area (Å²) in [6, 6.07) is 3.93. The lowest BCUT2D eigenvalue weighted by atomic mass is 10.2. The standard InChI is InChI=1S/C12H17Br2N3/c1-2-16-3-5-17(6-4-16)12-10(13)7-9(15)8-11(12)14/h7-8H,2-6,15H2,1H3. The van der Waals surface area contributed by atoms with Gasteiger partial charge in [0.05, 0.1) is 5.69 Å². The number of benzene rings is 1. The summed E-state index contributed by atoms with van der Waals surface area (Å²) < 4.78 is 2.13. The zero-order valence-electron chi connectivity index (χ0n) is 9.92. The van der Waals surface area contributed by atoms with Crippen LogP contribution in [0.5, 0.6) is 0 Å². The zero-order valence-corrected chi connectivity index (χ0v) is 13.1. The van der Waals surface area contributed by atoms with E-state index in [2.05, 4.69) is 48.6 Å². The van der Waals surface area contributed by atoms with Crippen molar-refractivity contribution in [2.45, 2.75) is 6.92 Å². The van der Waals surface area contributed by atoms with Crippen molar-refractivity contribution < 1.29 is 0 Å². The van der Waals surface area contributed by atoms with Gasteiger partial charge >= 0.3 is 0 Å². The highest BCUT2D eigenvalue weighted by atomic mass is 79.9. The Morgan fingerprint density at radius 2 is 1.65 bits per heavy atom. The Labute approximate surface area is 119 Å². The molecule has 0 spiro atoms. The molecule has 1 aliphatic rings. The molecule has 2 N–H and O–H groups in total. The van der Waals surface area contributed by atoms with E-state index in [-0.39, 0.29) is 0 Å². The molecule has 1 saturated heterocycles. The molecule has 5 heteroatoms. The fourth-order valence-electron chi connectivity index (χ4n) is 2.17. The lowest BCUT2D eigenvalue weighted by Crippen LogP contribution is -2.46. The highest BCUT2D eigenvalue weighted by molar-refractivity contribution is 9.11. The first kappa shape index (κ1) is 13.2. The molecular formula is C12H17Br2N3. The number of hydrogen-bond donors (Lipinski definition) is 1. The van der Waals surface area contributed by atoms with Crippen LogP contribution in [0.1, 0.15) is 6.92 Å². The Morgan fingerprint density at radius 1 is 1.12 bits per heavy atom. The first-order chi connectivity index (χ1) is 8.11. The van der Waals surface area contributed by atoms with E-state index in [0.717, 1.165) is 47.4 Å². The third kappa shape index (κ3) is 2.95. The molecule has 1 aliphatic heterocycles. The van der Waals surface area contributed by atoms with Crippen LogP contribution in [0.3, 0.4) is 0 Å². The second-order valence-corrected chi connectivity index (χ2v) is 5.96. The Kier molecular flexibility index (Phi) is 4.33. The van der Waals surface area contributed by atoms with Gasteiger partial charge in [0.1, 0.15) is 0 Å². The topological polar surface area (TPSA) is 32.5 Å². The molecule has 0 aliphatic carbocycles. The molecule has 0 atom stereocenters. The third-order valence-electron chi connectivity index (χ3n) is 3.17. The quantitative estimate of drug-likeness (QED) is 0.821. The van der Waals surface area contributed by atoms with Gasteiger partial charge in [-0.25, -0.2) is 0 Å². The normalized spacial score (nSPS) is 17.5. The van der Waals surface area contributed by atoms with E-state index in [1.54, 1.807) is 0 Å². The van der Waals surface area contributed by atoms with Crippen LogP contribution < -0.4 is 10.6 Å². The molecule has 0 saturated carbocycles. The molecule has 0 aromatic heterocycles. The molecule has 0 radical (unpaired) electrons. The number of anilines is 2. The van der Waals surface area contributed by atoms with E-state index in [9.17, 15) is 0 Å². The van der Waals surface area contributed by atoms with Crippen molar-refractivity contribution >= 4 is 43.2 Å². The van der Waals surface area contributed by atoms with E-state index >= 15 is 0 Å². The van der Waals surface area contributed by atoms with Gasteiger partial charge in [-0.2, -0.15) is 0 Å². The first-order valence-corrected chi connectivity index (χ1v) is 7.42. The van der Waals surface area contributed by atoms with Crippen molar-refractivity contribution in [2.75, 3.05) is 43.4 Å². The van der Waals surface area contributed by atoms with Crippen molar-refractivity contribution in [1.29, 1.82) is 0 Å². The minimum atomic E-state index is 0.777. The highest BCUT2D eigenvalue weighted by Crippen LogP contribution is 2.36. The number of likely N-dealkylation sites (N-methyl/N-ethyl adjacent to an activating group) is 1. The molecule has 0 bridgehead atoms. The van der Waals surface area contributed by atoms with Crippen molar-refractivity contribution in [3.8, 4) is 0 Å². The van der Waals surface area contributed by atoms with Crippen LogP contribution in [0.15, 0.2) is 21.1 Å². The molecule has 1 aromatic rings. The monoisotopic (exact) mass is 361 g/mol. The van der Waals surface area contributed by atoms with E-state index in [1.807, 2.05) is 12.1 Å². The van der Waals surface area contributed by atoms with Crippen LogP contribution in [0.2, 0.25) is 0 Å². The maximum atomic E-state index is 5.81. The van der Waals surface area contributed by atoms with E-state index in [4.69, 9.17) is 5.73 Å².